The van der Waals surface area contributed by atoms with E-state index in [9.17, 15) is 9.59 Å². The van der Waals surface area contributed by atoms with Crippen LogP contribution < -0.4 is 16.0 Å². The van der Waals surface area contributed by atoms with Gasteiger partial charge in [0.15, 0.2) is 5.69 Å². The molecule has 4 heterocycles. The zero-order valence-corrected chi connectivity index (χ0v) is 20.4. The van der Waals surface area contributed by atoms with Crippen LogP contribution in [0.1, 0.15) is 58.0 Å². The number of nitrogens with two attached hydrogens (primary N) is 1. The van der Waals surface area contributed by atoms with Gasteiger partial charge in [0.25, 0.3) is 5.91 Å². The molecule has 3 aromatic rings. The zero-order chi connectivity index (χ0) is 24.8. The monoisotopic (exact) mass is 486 g/mol. The molecule has 2 atom stereocenters. The lowest BCUT2D eigenvalue weighted by molar-refractivity contribution is -0.124. The average Bonchev–Trinajstić information content (AvgIpc) is 3.61. The van der Waals surface area contributed by atoms with Crippen LogP contribution in [-0.4, -0.2) is 62.4 Å². The fourth-order valence-electron chi connectivity index (χ4n) is 5.87. The number of hydrogen-bond acceptors (Lipinski definition) is 7. The number of piperazine rings is 1. The molecule has 10 heteroatoms. The fourth-order valence-corrected chi connectivity index (χ4v) is 5.87. The van der Waals surface area contributed by atoms with Gasteiger partial charge in [0.2, 0.25) is 5.91 Å². The summed E-state index contributed by atoms with van der Waals surface area (Å²) in [5, 5.41) is 11.3. The molecule has 1 unspecified atom stereocenters. The Balaban J connectivity index is 1.12. The number of fused-ring (bicyclic) bond motifs is 2. The molecule has 3 aliphatic rings. The predicted molar refractivity (Wildman–Crippen MR) is 134 cm³/mol. The van der Waals surface area contributed by atoms with Crippen LogP contribution >= 0.6 is 0 Å². The molecule has 2 aliphatic heterocycles. The molecule has 2 saturated heterocycles. The van der Waals surface area contributed by atoms with Crippen molar-refractivity contribution in [2.45, 2.75) is 51.2 Å². The Morgan fingerprint density at radius 3 is 2.94 bits per heavy atom. The third-order valence-corrected chi connectivity index (χ3v) is 7.68. The van der Waals surface area contributed by atoms with Gasteiger partial charge in [-0.05, 0) is 73.5 Å². The van der Waals surface area contributed by atoms with Crippen molar-refractivity contribution in [3.05, 3.63) is 64.6 Å². The maximum atomic E-state index is 13.0. The maximum Gasteiger partial charge on any atom is 0.273 e. The molecule has 0 radical (unpaired) electrons. The summed E-state index contributed by atoms with van der Waals surface area (Å²) in [6.07, 6.45) is 6.97. The Morgan fingerprint density at radius 1 is 1.19 bits per heavy atom. The van der Waals surface area contributed by atoms with Gasteiger partial charge >= 0.3 is 0 Å². The molecule has 3 N–H and O–H groups in total. The Bertz CT molecular complexity index is 1340. The van der Waals surface area contributed by atoms with E-state index in [2.05, 4.69) is 31.6 Å². The van der Waals surface area contributed by atoms with Crippen LogP contribution in [0.15, 0.2) is 36.7 Å². The summed E-state index contributed by atoms with van der Waals surface area (Å²) < 4.78 is 1.66. The second-order valence-corrected chi connectivity index (χ2v) is 9.93. The van der Waals surface area contributed by atoms with Gasteiger partial charge in [0.05, 0.1) is 24.8 Å². The first-order chi connectivity index (χ1) is 17.5. The van der Waals surface area contributed by atoms with Crippen LogP contribution in [0.4, 0.5) is 11.5 Å². The molecule has 6 rings (SSSR count). The van der Waals surface area contributed by atoms with E-state index in [0.717, 1.165) is 73.3 Å². The fraction of sp³-hybridized carbons (Fsp3) is 0.423. The molecule has 0 bridgehead atoms. The molecule has 0 saturated carbocycles. The number of anilines is 2. The second-order valence-electron chi connectivity index (χ2n) is 9.93. The van der Waals surface area contributed by atoms with E-state index < -0.39 is 0 Å². The van der Waals surface area contributed by atoms with Crippen LogP contribution in [-0.2, 0) is 17.8 Å². The summed E-state index contributed by atoms with van der Waals surface area (Å²) in [5.41, 5.74) is 11.3. The highest BCUT2D eigenvalue weighted by Gasteiger charge is 2.38. The molecule has 1 aromatic carbocycles. The molecule has 2 aromatic heterocycles. The number of amides is 2. The topological polar surface area (TPSA) is 122 Å². The maximum absolute atomic E-state index is 13.0. The Hall–Kier alpha value is -3.79. The summed E-state index contributed by atoms with van der Waals surface area (Å²) in [7, 11) is 0. The third kappa shape index (κ3) is 4.01. The van der Waals surface area contributed by atoms with Crippen molar-refractivity contribution < 1.29 is 9.59 Å². The van der Waals surface area contributed by atoms with E-state index in [1.807, 2.05) is 30.0 Å². The normalized spacial score (nSPS) is 21.5. The van der Waals surface area contributed by atoms with E-state index in [1.165, 1.54) is 0 Å². The van der Waals surface area contributed by atoms with Crippen molar-refractivity contribution in [3.8, 4) is 0 Å². The van der Waals surface area contributed by atoms with Gasteiger partial charge in [-0.25, -0.2) is 9.67 Å². The smallest absolute Gasteiger partial charge is 0.273 e. The lowest BCUT2D eigenvalue weighted by atomic mass is 10.1. The van der Waals surface area contributed by atoms with Gasteiger partial charge in [-0.1, -0.05) is 17.3 Å². The van der Waals surface area contributed by atoms with E-state index in [4.69, 9.17) is 5.73 Å². The first-order valence-electron chi connectivity index (χ1n) is 12.6. The van der Waals surface area contributed by atoms with Gasteiger partial charge < -0.3 is 16.0 Å². The molecule has 186 valence electrons. The highest BCUT2D eigenvalue weighted by Crippen LogP contribution is 2.33. The number of nitrogens with one attached hydrogen (secondary N) is 1. The van der Waals surface area contributed by atoms with Crippen LogP contribution in [0.25, 0.3) is 0 Å². The molecule has 36 heavy (non-hydrogen) atoms. The largest absolute Gasteiger partial charge is 0.383 e. The second kappa shape index (κ2) is 9.02. The van der Waals surface area contributed by atoms with Crippen LogP contribution in [0.5, 0.6) is 0 Å². The van der Waals surface area contributed by atoms with Crippen LogP contribution in [0.3, 0.4) is 0 Å². The average molecular weight is 487 g/mol. The SMILES string of the molecule is Cc1cc(Cn2cc(C(=O)N[C@@H]3CCc4c3ccnc4N)nn2)ccc1N1CCN2CCCC2C1=O. The Morgan fingerprint density at radius 2 is 2.08 bits per heavy atom. The number of pyridine rings is 1. The quantitative estimate of drug-likeness (QED) is 0.564. The number of benzene rings is 1. The van der Waals surface area contributed by atoms with Gasteiger partial charge in [-0.3, -0.25) is 14.5 Å². The van der Waals surface area contributed by atoms with E-state index in [0.29, 0.717) is 12.4 Å². The van der Waals surface area contributed by atoms with Gasteiger partial charge in [0.1, 0.15) is 5.82 Å². The highest BCUT2D eigenvalue weighted by atomic mass is 16.2. The summed E-state index contributed by atoms with van der Waals surface area (Å²) in [4.78, 5) is 34.2. The van der Waals surface area contributed by atoms with Gasteiger partial charge in [-0.2, -0.15) is 0 Å². The third-order valence-electron chi connectivity index (χ3n) is 7.68. The summed E-state index contributed by atoms with van der Waals surface area (Å²) >= 11 is 0. The number of hydrogen-bond donors (Lipinski definition) is 2. The van der Waals surface area contributed by atoms with Crippen molar-refractivity contribution in [1.82, 2.24) is 30.2 Å². The molecular formula is C26H30N8O2. The van der Waals surface area contributed by atoms with Crippen molar-refractivity contribution in [1.29, 1.82) is 0 Å². The first kappa shape index (κ1) is 22.7. The summed E-state index contributed by atoms with van der Waals surface area (Å²) in [6.45, 7) is 5.21. The number of rotatable bonds is 5. The summed E-state index contributed by atoms with van der Waals surface area (Å²) in [5.74, 6) is 0.484. The minimum Gasteiger partial charge on any atom is -0.383 e. The summed E-state index contributed by atoms with van der Waals surface area (Å²) in [6, 6.07) is 7.96. The number of nitrogens with zero attached hydrogens (tertiary/aromatic N) is 6. The number of aromatic nitrogens is 4. The lowest BCUT2D eigenvalue weighted by Crippen LogP contribution is -2.54. The van der Waals surface area contributed by atoms with Gasteiger partial charge in [-0.15, -0.1) is 5.10 Å². The van der Waals surface area contributed by atoms with E-state index in [1.54, 1.807) is 17.1 Å². The molecule has 2 fully saturated rings. The number of aryl methyl sites for hydroxylation is 1. The molecule has 10 nitrogen and oxygen atoms in total. The van der Waals surface area contributed by atoms with Crippen LogP contribution in [0, 0.1) is 6.92 Å². The number of carbonyl (C=O) groups excluding carboxylic acids is 2. The molecule has 0 spiro atoms. The number of nitrogen functional groups attached to an aromatic ring is 1. The van der Waals surface area contributed by atoms with E-state index >= 15 is 0 Å². The molecule has 1 aliphatic carbocycles. The zero-order valence-electron chi connectivity index (χ0n) is 20.4. The lowest BCUT2D eigenvalue weighted by Gasteiger charge is -2.37. The molecule has 2 amide bonds. The van der Waals surface area contributed by atoms with Crippen molar-refractivity contribution in [3.63, 3.8) is 0 Å². The van der Waals surface area contributed by atoms with Gasteiger partial charge in [0, 0.05) is 25.0 Å². The predicted octanol–water partition coefficient (Wildman–Crippen LogP) is 1.84. The minimum atomic E-state index is -0.259. The van der Waals surface area contributed by atoms with E-state index in [-0.39, 0.29) is 29.6 Å². The Labute approximate surface area is 209 Å². The van der Waals surface area contributed by atoms with Crippen molar-refractivity contribution in [2.24, 2.45) is 0 Å². The molecular weight excluding hydrogens is 456 g/mol. The Kier molecular flexibility index (Phi) is 5.67. The van der Waals surface area contributed by atoms with Crippen molar-refractivity contribution >= 4 is 23.3 Å². The number of carbonyl (C=O) groups is 2. The highest BCUT2D eigenvalue weighted by molar-refractivity contribution is 5.98. The van der Waals surface area contributed by atoms with Crippen molar-refractivity contribution in [2.75, 3.05) is 30.3 Å². The standard InChI is InChI=1S/C26H30N8O2/c1-16-13-17(4-7-22(16)34-12-11-32-10-2-3-23(32)26(34)36)14-33-15-21(30-31-33)25(35)29-20-6-5-19-18(20)8-9-28-24(19)27/h4,7-9,13,15,20,23H,2-3,5-6,10-12,14H2,1H3,(H2,27,28)(H,29,35)/t20-,23?/m1/s1. The first-order valence-corrected chi connectivity index (χ1v) is 12.6. The minimum absolute atomic E-state index is 0.0317. The van der Waals surface area contributed by atoms with Crippen LogP contribution in [0.2, 0.25) is 0 Å².